The minimum atomic E-state index is -0.169. The van der Waals surface area contributed by atoms with E-state index in [1.807, 2.05) is 18.2 Å². The Morgan fingerprint density at radius 3 is 2.37 bits per heavy atom. The third-order valence-corrected chi connectivity index (χ3v) is 5.71. The van der Waals surface area contributed by atoms with Crippen molar-refractivity contribution in [2.45, 2.75) is 58.9 Å². The molecule has 2 aromatic carbocycles. The summed E-state index contributed by atoms with van der Waals surface area (Å²) in [5.41, 5.74) is 2.92. The smallest absolute Gasteiger partial charge is 0.258 e. The van der Waals surface area contributed by atoms with E-state index >= 15 is 0 Å². The lowest BCUT2D eigenvalue weighted by Gasteiger charge is -2.23. The molecule has 2 atom stereocenters. The van der Waals surface area contributed by atoms with Crippen LogP contribution < -0.4 is 10.9 Å². The molecule has 3 aromatic rings. The molecule has 5 heteroatoms. The number of nitrogens with one attached hydrogen (secondary N) is 2. The number of carbonyl (C=O) groups is 1. The third-order valence-electron chi connectivity index (χ3n) is 5.71. The van der Waals surface area contributed by atoms with Crippen molar-refractivity contribution >= 4 is 16.8 Å². The van der Waals surface area contributed by atoms with Crippen molar-refractivity contribution in [2.24, 2.45) is 5.92 Å². The van der Waals surface area contributed by atoms with Crippen molar-refractivity contribution in [3.8, 4) is 0 Å². The van der Waals surface area contributed by atoms with Gasteiger partial charge in [-0.1, -0.05) is 64.1 Å². The first-order valence-corrected chi connectivity index (χ1v) is 10.8. The van der Waals surface area contributed by atoms with Crippen molar-refractivity contribution in [1.82, 2.24) is 15.3 Å². The molecule has 5 nitrogen and oxygen atoms in total. The molecule has 0 saturated heterocycles. The van der Waals surface area contributed by atoms with E-state index < -0.39 is 0 Å². The summed E-state index contributed by atoms with van der Waals surface area (Å²) in [5, 5.41) is 3.72. The molecule has 0 radical (unpaired) electrons. The molecule has 0 aliphatic rings. The molecule has 30 heavy (non-hydrogen) atoms. The Morgan fingerprint density at radius 2 is 1.70 bits per heavy atom. The van der Waals surface area contributed by atoms with Crippen LogP contribution in [-0.4, -0.2) is 15.9 Å². The van der Waals surface area contributed by atoms with Gasteiger partial charge in [0.05, 0.1) is 16.9 Å². The highest BCUT2D eigenvalue weighted by Gasteiger charge is 2.19. The normalized spacial score (nSPS) is 13.4. The van der Waals surface area contributed by atoms with Crippen LogP contribution in [0.2, 0.25) is 0 Å². The van der Waals surface area contributed by atoms with Crippen molar-refractivity contribution in [2.75, 3.05) is 0 Å². The number of fused-ring (bicyclic) bond motifs is 1. The van der Waals surface area contributed by atoms with Gasteiger partial charge in [-0.25, -0.2) is 4.98 Å². The number of hydrogen-bond donors (Lipinski definition) is 2. The molecular weight excluding hydrogens is 374 g/mol. The van der Waals surface area contributed by atoms with E-state index in [4.69, 9.17) is 0 Å². The van der Waals surface area contributed by atoms with Crippen LogP contribution in [0, 0.1) is 5.92 Å². The number of benzene rings is 2. The fraction of sp³-hybridized carbons (Fsp3) is 0.400. The van der Waals surface area contributed by atoms with Crippen molar-refractivity contribution in [3.63, 3.8) is 0 Å². The standard InChI is InChI=1S/C25H31N3O2/c1-5-17(4)18-10-12-19(13-11-18)24(16(2)3)28-23(29)15-14-22-26-21-9-7-6-8-20(21)25(30)27-22/h6-13,16-17,24H,5,14-15H2,1-4H3,(H,28,29)(H,26,27,30). The minimum absolute atomic E-state index is 0.0458. The minimum Gasteiger partial charge on any atom is -0.349 e. The zero-order chi connectivity index (χ0) is 21.7. The van der Waals surface area contributed by atoms with E-state index in [9.17, 15) is 9.59 Å². The van der Waals surface area contributed by atoms with Crippen LogP contribution >= 0.6 is 0 Å². The number of aromatic nitrogens is 2. The van der Waals surface area contributed by atoms with E-state index in [1.165, 1.54) is 5.56 Å². The molecule has 0 spiro atoms. The lowest BCUT2D eigenvalue weighted by atomic mass is 9.92. The highest BCUT2D eigenvalue weighted by molar-refractivity contribution is 5.78. The summed E-state index contributed by atoms with van der Waals surface area (Å²) in [6.45, 7) is 8.63. The summed E-state index contributed by atoms with van der Waals surface area (Å²) in [4.78, 5) is 32.1. The topological polar surface area (TPSA) is 74.8 Å². The van der Waals surface area contributed by atoms with Gasteiger partial charge in [0.1, 0.15) is 5.82 Å². The monoisotopic (exact) mass is 405 g/mol. The molecule has 0 bridgehead atoms. The number of aryl methyl sites for hydroxylation is 1. The molecule has 2 N–H and O–H groups in total. The molecule has 158 valence electrons. The van der Waals surface area contributed by atoms with Gasteiger partial charge in [-0.05, 0) is 41.5 Å². The molecule has 2 unspecified atom stereocenters. The van der Waals surface area contributed by atoms with Crippen LogP contribution in [0.1, 0.15) is 69.4 Å². The van der Waals surface area contributed by atoms with Gasteiger partial charge in [-0.2, -0.15) is 0 Å². The Kier molecular flexibility index (Phi) is 7.03. The van der Waals surface area contributed by atoms with Gasteiger partial charge in [-0.15, -0.1) is 0 Å². The number of nitrogens with zero attached hydrogens (tertiary/aromatic N) is 1. The molecule has 1 heterocycles. The predicted octanol–water partition coefficient (Wildman–Crippen LogP) is 4.88. The van der Waals surface area contributed by atoms with Crippen molar-refractivity contribution in [1.29, 1.82) is 0 Å². The Bertz CT molecular complexity index is 1050. The first-order valence-electron chi connectivity index (χ1n) is 10.8. The summed E-state index contributed by atoms with van der Waals surface area (Å²) in [6, 6.07) is 15.7. The van der Waals surface area contributed by atoms with Gasteiger partial charge < -0.3 is 10.3 Å². The summed E-state index contributed by atoms with van der Waals surface area (Å²) >= 11 is 0. The average Bonchev–Trinajstić information content (AvgIpc) is 2.75. The van der Waals surface area contributed by atoms with Gasteiger partial charge in [0.15, 0.2) is 0 Å². The highest BCUT2D eigenvalue weighted by Crippen LogP contribution is 2.25. The Hall–Kier alpha value is -2.95. The maximum absolute atomic E-state index is 12.6. The van der Waals surface area contributed by atoms with E-state index in [-0.39, 0.29) is 29.8 Å². The van der Waals surface area contributed by atoms with Crippen molar-refractivity contribution < 1.29 is 4.79 Å². The maximum Gasteiger partial charge on any atom is 0.258 e. The zero-order valence-corrected chi connectivity index (χ0v) is 18.2. The van der Waals surface area contributed by atoms with Crippen LogP contribution in [0.4, 0.5) is 0 Å². The first kappa shape index (κ1) is 21.8. The maximum atomic E-state index is 12.6. The SMILES string of the molecule is CCC(C)c1ccc(C(NC(=O)CCc2nc3ccccc3c(=O)[nH]2)C(C)C)cc1. The highest BCUT2D eigenvalue weighted by atomic mass is 16.1. The van der Waals surface area contributed by atoms with Gasteiger partial charge in [-0.3, -0.25) is 9.59 Å². The average molecular weight is 406 g/mol. The second kappa shape index (κ2) is 9.70. The molecule has 0 aliphatic heterocycles. The van der Waals surface area contributed by atoms with E-state index in [2.05, 4.69) is 67.2 Å². The van der Waals surface area contributed by atoms with Crippen molar-refractivity contribution in [3.05, 3.63) is 75.8 Å². The second-order valence-corrected chi connectivity index (χ2v) is 8.29. The molecule has 3 rings (SSSR count). The predicted molar refractivity (Wildman–Crippen MR) is 122 cm³/mol. The van der Waals surface area contributed by atoms with Crippen LogP contribution in [0.3, 0.4) is 0 Å². The molecule has 0 aliphatic carbocycles. The Balaban J connectivity index is 1.66. The number of para-hydroxylation sites is 1. The molecule has 1 amide bonds. The third kappa shape index (κ3) is 5.15. The number of carbonyl (C=O) groups excluding carboxylic acids is 1. The molecule has 0 saturated carbocycles. The lowest BCUT2D eigenvalue weighted by Crippen LogP contribution is -2.32. The largest absolute Gasteiger partial charge is 0.349 e. The number of H-pyrrole nitrogens is 1. The van der Waals surface area contributed by atoms with E-state index in [0.29, 0.717) is 29.1 Å². The quantitative estimate of drug-likeness (QED) is 0.561. The van der Waals surface area contributed by atoms with Crippen LogP contribution in [0.5, 0.6) is 0 Å². The molecule has 1 aromatic heterocycles. The number of amides is 1. The zero-order valence-electron chi connectivity index (χ0n) is 18.2. The van der Waals surface area contributed by atoms with Gasteiger partial charge in [0.25, 0.3) is 5.56 Å². The van der Waals surface area contributed by atoms with Gasteiger partial charge in [0.2, 0.25) is 5.91 Å². The summed E-state index contributed by atoms with van der Waals surface area (Å²) < 4.78 is 0. The van der Waals surface area contributed by atoms with Crippen LogP contribution in [0.25, 0.3) is 10.9 Å². The first-order chi connectivity index (χ1) is 14.4. The second-order valence-electron chi connectivity index (χ2n) is 8.29. The number of rotatable bonds is 8. The van der Waals surface area contributed by atoms with Crippen LogP contribution in [0.15, 0.2) is 53.3 Å². The Labute approximate surface area is 177 Å². The lowest BCUT2D eigenvalue weighted by molar-refractivity contribution is -0.122. The van der Waals surface area contributed by atoms with Gasteiger partial charge in [0, 0.05) is 12.8 Å². The number of hydrogen-bond acceptors (Lipinski definition) is 3. The fourth-order valence-electron chi connectivity index (χ4n) is 3.63. The summed E-state index contributed by atoms with van der Waals surface area (Å²) in [7, 11) is 0. The van der Waals surface area contributed by atoms with E-state index in [1.54, 1.807) is 6.07 Å². The Morgan fingerprint density at radius 1 is 1.03 bits per heavy atom. The summed E-state index contributed by atoms with van der Waals surface area (Å²) in [6.07, 6.45) is 1.77. The summed E-state index contributed by atoms with van der Waals surface area (Å²) in [5.74, 6) is 1.29. The number of aromatic amines is 1. The molecular formula is C25H31N3O2. The van der Waals surface area contributed by atoms with E-state index in [0.717, 1.165) is 12.0 Å². The molecule has 0 fully saturated rings. The van der Waals surface area contributed by atoms with Crippen LogP contribution in [-0.2, 0) is 11.2 Å². The fourth-order valence-corrected chi connectivity index (χ4v) is 3.63. The van der Waals surface area contributed by atoms with Gasteiger partial charge >= 0.3 is 0 Å².